The molecular weight excluding hydrogens is 314 g/mol. The summed E-state index contributed by atoms with van der Waals surface area (Å²) < 4.78 is 6.79. The average Bonchev–Trinajstić information content (AvgIpc) is 2.28. The second-order valence-corrected chi connectivity index (χ2v) is 6.08. The fourth-order valence-corrected chi connectivity index (χ4v) is 2.34. The molecule has 0 saturated carbocycles. The van der Waals surface area contributed by atoms with Gasteiger partial charge in [0.15, 0.2) is 0 Å². The smallest absolute Gasteiger partial charge is 0.138 e. The molecule has 0 spiro atoms. The van der Waals surface area contributed by atoms with Crippen LogP contribution in [0.5, 0.6) is 5.75 Å². The third kappa shape index (κ3) is 6.07. The van der Waals surface area contributed by atoms with Gasteiger partial charge in [0.2, 0.25) is 0 Å². The van der Waals surface area contributed by atoms with Crippen molar-refractivity contribution < 1.29 is 4.74 Å². The van der Waals surface area contributed by atoms with Crippen molar-refractivity contribution in [1.29, 1.82) is 0 Å². The number of rotatable bonds is 7. The van der Waals surface area contributed by atoms with Crippen molar-refractivity contribution in [3.05, 3.63) is 27.7 Å². The largest absolute Gasteiger partial charge is 0.489 e. The van der Waals surface area contributed by atoms with Gasteiger partial charge in [-0.15, -0.1) is 0 Å². The summed E-state index contributed by atoms with van der Waals surface area (Å²) in [5, 5.41) is 4.05. The zero-order valence-electron chi connectivity index (χ0n) is 11.2. The maximum absolute atomic E-state index is 6.11. The molecule has 1 atom stereocenters. The highest BCUT2D eigenvalue weighted by Crippen LogP contribution is 2.28. The van der Waals surface area contributed by atoms with Crippen molar-refractivity contribution in [1.82, 2.24) is 5.32 Å². The number of halogens is 2. The minimum Gasteiger partial charge on any atom is -0.489 e. The molecule has 0 radical (unpaired) electrons. The van der Waals surface area contributed by atoms with Crippen molar-refractivity contribution in [3.8, 4) is 5.75 Å². The molecule has 1 N–H and O–H groups in total. The molecule has 0 aliphatic heterocycles. The van der Waals surface area contributed by atoms with E-state index in [0.29, 0.717) is 11.1 Å². The first-order chi connectivity index (χ1) is 8.49. The highest BCUT2D eigenvalue weighted by atomic mass is 79.9. The number of nitrogens with one attached hydrogen (secondary N) is 1. The lowest BCUT2D eigenvalue weighted by Crippen LogP contribution is -2.25. The van der Waals surface area contributed by atoms with E-state index < -0.39 is 0 Å². The van der Waals surface area contributed by atoms with Crippen LogP contribution in [0.25, 0.3) is 0 Å². The van der Waals surface area contributed by atoms with Gasteiger partial charge in [-0.05, 0) is 44.5 Å². The summed E-state index contributed by atoms with van der Waals surface area (Å²) in [6, 6.07) is 6.23. The van der Waals surface area contributed by atoms with Crippen LogP contribution >= 0.6 is 27.5 Å². The molecule has 2 nitrogen and oxygen atoms in total. The van der Waals surface area contributed by atoms with Crippen LogP contribution in [0.4, 0.5) is 0 Å². The van der Waals surface area contributed by atoms with Gasteiger partial charge in [-0.2, -0.15) is 0 Å². The van der Waals surface area contributed by atoms with Gasteiger partial charge >= 0.3 is 0 Å². The van der Waals surface area contributed by atoms with Gasteiger partial charge in [0.05, 0.1) is 11.1 Å². The fourth-order valence-electron chi connectivity index (χ4n) is 1.63. The Kier molecular flexibility index (Phi) is 7.05. The molecule has 18 heavy (non-hydrogen) atoms. The molecule has 0 amide bonds. The molecular formula is C14H21BrClNO. The Balaban J connectivity index is 2.33. The van der Waals surface area contributed by atoms with Gasteiger partial charge in [0, 0.05) is 10.5 Å². The minimum atomic E-state index is 0.178. The maximum Gasteiger partial charge on any atom is 0.138 e. The highest BCUT2D eigenvalue weighted by molar-refractivity contribution is 9.10. The van der Waals surface area contributed by atoms with E-state index in [1.165, 1.54) is 0 Å². The minimum absolute atomic E-state index is 0.178. The lowest BCUT2D eigenvalue weighted by molar-refractivity contribution is 0.207. The quantitative estimate of drug-likeness (QED) is 0.733. The normalized spacial score (nSPS) is 12.8. The summed E-state index contributed by atoms with van der Waals surface area (Å²) in [7, 11) is 0. The summed E-state index contributed by atoms with van der Waals surface area (Å²) in [4.78, 5) is 0. The van der Waals surface area contributed by atoms with Gasteiger partial charge in [0.25, 0.3) is 0 Å². The van der Waals surface area contributed by atoms with Gasteiger partial charge in [0.1, 0.15) is 5.75 Å². The first-order valence-corrected chi connectivity index (χ1v) is 7.51. The molecule has 1 aromatic rings. The SMILES string of the molecule is CC(C)NCCCC(C)Oc1ccc(Br)cc1Cl. The van der Waals surface area contributed by atoms with Crippen LogP contribution in [0, 0.1) is 0 Å². The molecule has 0 aliphatic rings. The van der Waals surface area contributed by atoms with Gasteiger partial charge in [-0.25, -0.2) is 0 Å². The van der Waals surface area contributed by atoms with Crippen LogP contribution in [0.3, 0.4) is 0 Å². The van der Waals surface area contributed by atoms with E-state index in [1.54, 1.807) is 0 Å². The Labute approximate surface area is 123 Å². The third-order valence-corrected chi connectivity index (χ3v) is 3.35. The van der Waals surface area contributed by atoms with E-state index in [0.717, 1.165) is 29.6 Å². The Morgan fingerprint density at radius 3 is 2.67 bits per heavy atom. The molecule has 1 aromatic carbocycles. The lowest BCUT2D eigenvalue weighted by Gasteiger charge is -2.16. The summed E-state index contributed by atoms with van der Waals surface area (Å²) in [6.07, 6.45) is 2.30. The molecule has 1 rings (SSSR count). The fraction of sp³-hybridized carbons (Fsp3) is 0.571. The maximum atomic E-state index is 6.11. The van der Waals surface area contributed by atoms with E-state index in [4.69, 9.17) is 16.3 Å². The molecule has 0 fully saturated rings. The Morgan fingerprint density at radius 1 is 1.33 bits per heavy atom. The number of hydrogen-bond donors (Lipinski definition) is 1. The van der Waals surface area contributed by atoms with E-state index in [-0.39, 0.29) is 6.10 Å². The zero-order chi connectivity index (χ0) is 13.5. The molecule has 0 bridgehead atoms. The van der Waals surface area contributed by atoms with Crippen molar-refractivity contribution in [2.45, 2.75) is 45.8 Å². The van der Waals surface area contributed by atoms with Crippen molar-refractivity contribution in [3.63, 3.8) is 0 Å². The third-order valence-electron chi connectivity index (χ3n) is 2.56. The van der Waals surface area contributed by atoms with Crippen LogP contribution in [-0.4, -0.2) is 18.7 Å². The highest BCUT2D eigenvalue weighted by Gasteiger charge is 2.07. The van der Waals surface area contributed by atoms with Crippen LogP contribution < -0.4 is 10.1 Å². The van der Waals surface area contributed by atoms with Crippen LogP contribution in [0.15, 0.2) is 22.7 Å². The second kappa shape index (κ2) is 8.03. The van der Waals surface area contributed by atoms with E-state index in [9.17, 15) is 0 Å². The first-order valence-electron chi connectivity index (χ1n) is 6.34. The van der Waals surface area contributed by atoms with Crippen LogP contribution in [-0.2, 0) is 0 Å². The number of benzene rings is 1. The molecule has 1 unspecified atom stereocenters. The predicted octanol–water partition coefficient (Wildman–Crippen LogP) is 4.65. The lowest BCUT2D eigenvalue weighted by atomic mass is 10.2. The van der Waals surface area contributed by atoms with Crippen LogP contribution in [0.1, 0.15) is 33.6 Å². The van der Waals surface area contributed by atoms with Gasteiger partial charge in [-0.1, -0.05) is 41.4 Å². The molecule has 0 saturated heterocycles. The Hall–Kier alpha value is -0.250. The van der Waals surface area contributed by atoms with Crippen molar-refractivity contribution in [2.24, 2.45) is 0 Å². The Bertz CT molecular complexity index is 371. The first kappa shape index (κ1) is 15.8. The van der Waals surface area contributed by atoms with E-state index in [1.807, 2.05) is 18.2 Å². The standard InChI is InChI=1S/C14H21BrClNO/c1-10(2)17-8-4-5-11(3)18-14-7-6-12(15)9-13(14)16/h6-7,9-11,17H,4-5,8H2,1-3H3. The molecule has 102 valence electrons. The van der Waals surface area contributed by atoms with Crippen molar-refractivity contribution >= 4 is 27.5 Å². The number of hydrogen-bond acceptors (Lipinski definition) is 2. The Morgan fingerprint density at radius 2 is 2.06 bits per heavy atom. The predicted molar refractivity (Wildman–Crippen MR) is 81.6 cm³/mol. The summed E-state index contributed by atoms with van der Waals surface area (Å²) >= 11 is 9.49. The van der Waals surface area contributed by atoms with Gasteiger partial charge < -0.3 is 10.1 Å². The monoisotopic (exact) mass is 333 g/mol. The van der Waals surface area contributed by atoms with Gasteiger partial charge in [-0.3, -0.25) is 0 Å². The van der Waals surface area contributed by atoms with E-state index in [2.05, 4.69) is 42.0 Å². The second-order valence-electron chi connectivity index (χ2n) is 4.75. The molecule has 4 heteroatoms. The average molecular weight is 335 g/mol. The summed E-state index contributed by atoms with van der Waals surface area (Å²) in [5.41, 5.74) is 0. The topological polar surface area (TPSA) is 21.3 Å². The summed E-state index contributed by atoms with van der Waals surface area (Å²) in [5.74, 6) is 0.754. The summed E-state index contributed by atoms with van der Waals surface area (Å²) in [6.45, 7) is 7.41. The molecule has 0 aromatic heterocycles. The number of ether oxygens (including phenoxy) is 1. The van der Waals surface area contributed by atoms with Crippen LogP contribution in [0.2, 0.25) is 5.02 Å². The van der Waals surface area contributed by atoms with Crippen molar-refractivity contribution in [2.75, 3.05) is 6.54 Å². The molecule has 0 aliphatic carbocycles. The molecule has 0 heterocycles. The zero-order valence-corrected chi connectivity index (χ0v) is 13.5. The van der Waals surface area contributed by atoms with E-state index >= 15 is 0 Å².